The van der Waals surface area contributed by atoms with Gasteiger partial charge in [-0.05, 0) is 36.4 Å². The average molecular weight is 351 g/mol. The summed E-state index contributed by atoms with van der Waals surface area (Å²) in [5.41, 5.74) is 1.56. The molecule has 0 aliphatic heterocycles. The van der Waals surface area contributed by atoms with E-state index in [1.807, 2.05) is 0 Å². The first kappa shape index (κ1) is 17.2. The first-order valence-electron chi connectivity index (χ1n) is 7.88. The molecule has 0 fully saturated rings. The lowest BCUT2D eigenvalue weighted by molar-refractivity contribution is -0.114. The van der Waals surface area contributed by atoms with Gasteiger partial charge in [-0.15, -0.1) is 0 Å². The van der Waals surface area contributed by atoms with Crippen LogP contribution in [-0.2, 0) is 11.3 Å². The minimum Gasteiger partial charge on any atom is -0.467 e. The van der Waals surface area contributed by atoms with Crippen molar-refractivity contribution in [3.63, 3.8) is 0 Å². The number of furan rings is 1. The molecule has 3 rings (SSSR count). The molecule has 26 heavy (non-hydrogen) atoms. The molecule has 0 aliphatic carbocycles. The van der Waals surface area contributed by atoms with E-state index in [1.165, 1.54) is 19.2 Å². The van der Waals surface area contributed by atoms with E-state index >= 15 is 0 Å². The molecule has 3 N–H and O–H groups in total. The second-order valence-electron chi connectivity index (χ2n) is 5.41. The van der Waals surface area contributed by atoms with Crippen molar-refractivity contribution in [2.75, 3.05) is 10.6 Å². The molecule has 3 aromatic rings. The molecule has 0 atom stereocenters. The number of benzene rings is 1. The summed E-state index contributed by atoms with van der Waals surface area (Å²) in [4.78, 5) is 31.7. The summed E-state index contributed by atoms with van der Waals surface area (Å²) < 4.78 is 5.17. The van der Waals surface area contributed by atoms with E-state index in [-0.39, 0.29) is 30.0 Å². The Morgan fingerprint density at radius 1 is 1.12 bits per heavy atom. The Bertz CT molecular complexity index is 909. The zero-order chi connectivity index (χ0) is 18.4. The number of hydrogen-bond donors (Lipinski definition) is 3. The second-order valence-corrected chi connectivity index (χ2v) is 5.41. The first-order chi connectivity index (χ1) is 12.6. The highest BCUT2D eigenvalue weighted by Crippen LogP contribution is 2.18. The third kappa shape index (κ3) is 4.67. The van der Waals surface area contributed by atoms with Crippen LogP contribution in [0.25, 0.3) is 0 Å². The number of carbonyl (C=O) groups excluding carboxylic acids is 2. The summed E-state index contributed by atoms with van der Waals surface area (Å²) in [5, 5.41) is 8.43. The minimum atomic E-state index is -0.334. The van der Waals surface area contributed by atoms with Crippen LogP contribution >= 0.6 is 0 Å². The monoisotopic (exact) mass is 351 g/mol. The summed E-state index contributed by atoms with van der Waals surface area (Å²) in [6.07, 6.45) is 3.04. The lowest BCUT2D eigenvalue weighted by atomic mass is 10.2. The number of nitrogens with zero attached hydrogens (tertiary/aromatic N) is 2. The highest BCUT2D eigenvalue weighted by Gasteiger charge is 2.09. The molecule has 2 heterocycles. The summed E-state index contributed by atoms with van der Waals surface area (Å²) >= 11 is 0. The van der Waals surface area contributed by atoms with Gasteiger partial charge in [-0.3, -0.25) is 9.59 Å². The van der Waals surface area contributed by atoms with Crippen molar-refractivity contribution in [3.05, 3.63) is 66.4 Å². The van der Waals surface area contributed by atoms with Gasteiger partial charge in [0.05, 0.1) is 12.8 Å². The molecule has 132 valence electrons. The molecule has 0 aliphatic rings. The molecule has 2 aromatic heterocycles. The van der Waals surface area contributed by atoms with Gasteiger partial charge in [0.15, 0.2) is 0 Å². The number of rotatable bonds is 6. The van der Waals surface area contributed by atoms with Gasteiger partial charge in [0, 0.05) is 24.5 Å². The molecule has 8 heteroatoms. The summed E-state index contributed by atoms with van der Waals surface area (Å²) in [5.74, 6) is 0.434. The van der Waals surface area contributed by atoms with Gasteiger partial charge in [-0.2, -0.15) is 0 Å². The van der Waals surface area contributed by atoms with Crippen molar-refractivity contribution < 1.29 is 14.0 Å². The van der Waals surface area contributed by atoms with Crippen LogP contribution in [0.2, 0.25) is 0 Å². The highest BCUT2D eigenvalue weighted by molar-refractivity contribution is 5.92. The Hall–Kier alpha value is -3.68. The Labute approximate surface area is 149 Å². The van der Waals surface area contributed by atoms with E-state index in [9.17, 15) is 9.59 Å². The number of anilines is 3. The Morgan fingerprint density at radius 2 is 1.96 bits per heavy atom. The number of aromatic nitrogens is 2. The Morgan fingerprint density at radius 3 is 2.73 bits per heavy atom. The van der Waals surface area contributed by atoms with Gasteiger partial charge < -0.3 is 20.4 Å². The van der Waals surface area contributed by atoms with Gasteiger partial charge in [0.2, 0.25) is 11.9 Å². The molecular weight excluding hydrogens is 334 g/mol. The molecule has 0 spiro atoms. The highest BCUT2D eigenvalue weighted by atomic mass is 16.3. The molecule has 0 radical (unpaired) electrons. The van der Waals surface area contributed by atoms with Gasteiger partial charge in [-0.25, -0.2) is 9.97 Å². The first-order valence-corrected chi connectivity index (χ1v) is 7.88. The molecule has 1 aromatic carbocycles. The molecule has 8 nitrogen and oxygen atoms in total. The predicted octanol–water partition coefficient (Wildman–Crippen LogP) is 2.70. The fourth-order valence-corrected chi connectivity index (χ4v) is 2.22. The van der Waals surface area contributed by atoms with Crippen LogP contribution in [-0.4, -0.2) is 21.8 Å². The van der Waals surface area contributed by atoms with Crippen LogP contribution in [0.3, 0.4) is 0 Å². The van der Waals surface area contributed by atoms with Crippen molar-refractivity contribution in [3.8, 4) is 0 Å². The second kappa shape index (κ2) is 7.93. The summed E-state index contributed by atoms with van der Waals surface area (Å²) in [6.45, 7) is 1.71. The third-order valence-electron chi connectivity index (χ3n) is 3.33. The topological polar surface area (TPSA) is 109 Å². The van der Waals surface area contributed by atoms with E-state index < -0.39 is 0 Å². The largest absolute Gasteiger partial charge is 0.467 e. The normalized spacial score (nSPS) is 10.2. The molecule has 0 unspecified atom stereocenters. The lowest BCUT2D eigenvalue weighted by Gasteiger charge is -2.08. The molecule has 0 bridgehead atoms. The molecular formula is C18H17N5O3. The van der Waals surface area contributed by atoms with Crippen molar-refractivity contribution in [1.82, 2.24) is 15.3 Å². The van der Waals surface area contributed by atoms with E-state index in [4.69, 9.17) is 4.42 Å². The summed E-state index contributed by atoms with van der Waals surface area (Å²) in [7, 11) is 0. The Kier molecular flexibility index (Phi) is 5.23. The van der Waals surface area contributed by atoms with Gasteiger partial charge >= 0.3 is 0 Å². The van der Waals surface area contributed by atoms with Crippen molar-refractivity contribution in [2.24, 2.45) is 0 Å². The van der Waals surface area contributed by atoms with Crippen molar-refractivity contribution in [1.29, 1.82) is 0 Å². The van der Waals surface area contributed by atoms with E-state index in [2.05, 4.69) is 25.9 Å². The zero-order valence-corrected chi connectivity index (χ0v) is 14.0. The number of amides is 2. The average Bonchev–Trinajstić information content (AvgIpc) is 3.13. The molecule has 2 amide bonds. The fourth-order valence-electron chi connectivity index (χ4n) is 2.22. The fraction of sp³-hybridized carbons (Fsp3) is 0.111. The van der Waals surface area contributed by atoms with Crippen LogP contribution in [0.1, 0.15) is 23.2 Å². The number of hydrogen-bond acceptors (Lipinski definition) is 6. The van der Waals surface area contributed by atoms with Crippen LogP contribution < -0.4 is 16.0 Å². The van der Waals surface area contributed by atoms with Gasteiger partial charge in [-0.1, -0.05) is 6.07 Å². The van der Waals surface area contributed by atoms with Crippen molar-refractivity contribution in [2.45, 2.75) is 13.5 Å². The molecule has 0 saturated heterocycles. The smallest absolute Gasteiger partial charge is 0.270 e. The van der Waals surface area contributed by atoms with Crippen molar-refractivity contribution >= 4 is 29.1 Å². The standard InChI is InChI=1S/C18H17N5O3/c1-12(24)21-13-4-2-5-14(10-13)22-18-19-8-7-16(23-18)17(25)20-11-15-6-3-9-26-15/h2-10H,11H2,1H3,(H,20,25)(H,21,24)(H,19,22,23). The maximum absolute atomic E-state index is 12.2. The number of nitrogens with one attached hydrogen (secondary N) is 3. The summed E-state index contributed by atoms with van der Waals surface area (Å²) in [6, 6.07) is 12.2. The quantitative estimate of drug-likeness (QED) is 0.630. The van der Waals surface area contributed by atoms with Crippen LogP contribution in [0.15, 0.2) is 59.3 Å². The van der Waals surface area contributed by atoms with E-state index in [0.29, 0.717) is 17.1 Å². The van der Waals surface area contributed by atoms with Crippen LogP contribution in [0, 0.1) is 0 Å². The lowest BCUT2D eigenvalue weighted by Crippen LogP contribution is -2.23. The number of carbonyl (C=O) groups is 2. The predicted molar refractivity (Wildman–Crippen MR) is 95.9 cm³/mol. The SMILES string of the molecule is CC(=O)Nc1cccc(Nc2nccc(C(=O)NCc3ccco3)n2)c1. The van der Waals surface area contributed by atoms with E-state index in [1.54, 1.807) is 42.7 Å². The maximum Gasteiger partial charge on any atom is 0.270 e. The third-order valence-corrected chi connectivity index (χ3v) is 3.33. The maximum atomic E-state index is 12.2. The molecule has 0 saturated carbocycles. The van der Waals surface area contributed by atoms with E-state index in [0.717, 1.165) is 0 Å². The minimum absolute atomic E-state index is 0.159. The van der Waals surface area contributed by atoms with Gasteiger partial charge in [0.25, 0.3) is 5.91 Å². The van der Waals surface area contributed by atoms with Crippen LogP contribution in [0.5, 0.6) is 0 Å². The van der Waals surface area contributed by atoms with Gasteiger partial charge in [0.1, 0.15) is 11.5 Å². The Balaban J connectivity index is 1.67. The zero-order valence-electron chi connectivity index (χ0n) is 14.0. The van der Waals surface area contributed by atoms with Crippen LogP contribution in [0.4, 0.5) is 17.3 Å².